The molecule has 0 unspecified atom stereocenters. The minimum atomic E-state index is -3.19. The van der Waals surface area contributed by atoms with Crippen molar-refractivity contribution in [1.82, 2.24) is 9.29 Å². The molecule has 4 aromatic rings. The molecule has 0 aliphatic rings. The molecule has 0 saturated heterocycles. The summed E-state index contributed by atoms with van der Waals surface area (Å²) >= 11 is 0. The summed E-state index contributed by atoms with van der Waals surface area (Å²) in [5.74, 6) is 0. The highest BCUT2D eigenvalue weighted by molar-refractivity contribution is 7.70. The van der Waals surface area contributed by atoms with Gasteiger partial charge >= 0.3 is 0 Å². The normalized spacial score (nSPS) is 13.5. The molecule has 1 heterocycles. The smallest absolute Gasteiger partial charge is 0.258 e. The first-order valence-corrected chi connectivity index (χ1v) is 13.2. The van der Waals surface area contributed by atoms with Crippen LogP contribution >= 0.6 is 0 Å². The summed E-state index contributed by atoms with van der Waals surface area (Å²) in [7, 11) is -4.16. The monoisotopic (exact) mass is 514 g/mol. The van der Waals surface area contributed by atoms with Crippen molar-refractivity contribution >= 4 is 32.8 Å². The summed E-state index contributed by atoms with van der Waals surface area (Å²) in [6.45, 7) is 0.223. The molecule has 0 spiro atoms. The molecule has 4 rings (SSSR count). The van der Waals surface area contributed by atoms with Gasteiger partial charge < -0.3 is 9.30 Å². The lowest BCUT2D eigenvalue weighted by Crippen LogP contribution is -2.24. The Kier molecular flexibility index (Phi) is 8.32. The number of ether oxygens (including phenoxy) is 1. The van der Waals surface area contributed by atoms with Crippen LogP contribution in [-0.2, 0) is 44.4 Å². The molecule has 2 atom stereocenters. The van der Waals surface area contributed by atoms with Gasteiger partial charge in [-0.1, -0.05) is 72.8 Å². The summed E-state index contributed by atoms with van der Waals surface area (Å²) in [5, 5.41) is 0.856. The maximum atomic E-state index is 11.8. The molecule has 0 aliphatic carbocycles. The van der Waals surface area contributed by atoms with Crippen LogP contribution < -0.4 is 4.72 Å². The van der Waals surface area contributed by atoms with Crippen LogP contribution in [0.1, 0.15) is 34.5 Å². The molecule has 1 aromatic heterocycles. The summed E-state index contributed by atoms with van der Waals surface area (Å²) < 4.78 is 62.1. The van der Waals surface area contributed by atoms with Crippen LogP contribution in [0.3, 0.4) is 0 Å². The van der Waals surface area contributed by atoms with Gasteiger partial charge in [0.15, 0.2) is 0 Å². The summed E-state index contributed by atoms with van der Waals surface area (Å²) in [5.41, 5.74) is 3.73. The maximum Gasteiger partial charge on any atom is 0.258 e. The minimum Gasteiger partial charge on any atom is -0.367 e. The number of aryl methyl sites for hydroxylation is 1. The van der Waals surface area contributed by atoms with Gasteiger partial charge in [-0.3, -0.25) is 4.18 Å². The molecule has 0 bridgehead atoms. The predicted octanol–water partition coefficient (Wildman–Crippen LogP) is 3.18. The quantitative estimate of drug-likeness (QED) is 0.266. The topological polar surface area (TPSA) is 104 Å². The highest BCUT2D eigenvalue weighted by Gasteiger charge is 2.27. The van der Waals surface area contributed by atoms with Crippen molar-refractivity contribution < 1.29 is 25.8 Å². The van der Waals surface area contributed by atoms with E-state index >= 15 is 0 Å². The Morgan fingerprint density at radius 2 is 1.49 bits per heavy atom. The van der Waals surface area contributed by atoms with Crippen molar-refractivity contribution in [3.05, 3.63) is 107 Å². The molecule has 0 amide bonds. The van der Waals surface area contributed by atoms with Gasteiger partial charge in [-0.2, -0.15) is 0 Å². The molecule has 8 nitrogen and oxygen atoms in total. The summed E-state index contributed by atoms with van der Waals surface area (Å²) in [4.78, 5) is 0. The van der Waals surface area contributed by atoms with Gasteiger partial charge in [0.25, 0.3) is 11.0 Å². The van der Waals surface area contributed by atoms with Crippen molar-refractivity contribution in [2.75, 3.05) is 6.54 Å². The summed E-state index contributed by atoms with van der Waals surface area (Å²) in [6, 6.07) is 24.3. The lowest BCUT2D eigenvalue weighted by atomic mass is 9.93. The Morgan fingerprint density at radius 3 is 2.20 bits per heavy atom. The molecule has 0 saturated carbocycles. The second-order valence-corrected chi connectivity index (χ2v) is 9.44. The zero-order valence-corrected chi connectivity index (χ0v) is 20.7. The Hall–Kier alpha value is -3.02. The first-order valence-electron chi connectivity index (χ1n) is 10.9. The number of aromatic nitrogens is 1. The van der Waals surface area contributed by atoms with E-state index in [0.29, 0.717) is 16.7 Å². The van der Waals surface area contributed by atoms with Crippen LogP contribution in [0.2, 0.25) is 0 Å². The first kappa shape index (κ1) is 25.1. The zero-order chi connectivity index (χ0) is 24.8. The highest BCUT2D eigenvalue weighted by atomic mass is 32.2. The van der Waals surface area contributed by atoms with E-state index in [1.165, 1.54) is 0 Å². The van der Waals surface area contributed by atoms with Gasteiger partial charge in [-0.15, -0.1) is 0 Å². The van der Waals surface area contributed by atoms with E-state index in [1.54, 1.807) is 24.3 Å². The molecular formula is C25H26N2O6S2. The lowest BCUT2D eigenvalue weighted by molar-refractivity contribution is 0.0418. The van der Waals surface area contributed by atoms with E-state index in [1.807, 2.05) is 72.4 Å². The lowest BCUT2D eigenvalue weighted by Gasteiger charge is -2.24. The highest BCUT2D eigenvalue weighted by Crippen LogP contribution is 2.37. The SMILES string of the molecule is Cn1cc([C@H](O[SH](=O)=O)c2ccccc2[C@H](CN[SH](=O)=O)OCc2ccccc2)c2ccccc21. The number of rotatable bonds is 11. The van der Waals surface area contributed by atoms with E-state index in [-0.39, 0.29) is 13.2 Å². The molecule has 10 heteroatoms. The van der Waals surface area contributed by atoms with Crippen LogP contribution in [0.5, 0.6) is 0 Å². The molecule has 3 aromatic carbocycles. The van der Waals surface area contributed by atoms with Crippen molar-refractivity contribution in [3.63, 3.8) is 0 Å². The predicted molar refractivity (Wildman–Crippen MR) is 135 cm³/mol. The Morgan fingerprint density at radius 1 is 0.829 bits per heavy atom. The van der Waals surface area contributed by atoms with Crippen LogP contribution in [0.25, 0.3) is 10.9 Å². The molecule has 0 aliphatic heterocycles. The standard InChI is InChI=1S/C25H26N2O6S2/c1-27-16-22(19-11-7-8-14-23(19)27)25(33-35(30)31)21-13-6-5-12-20(21)24(15-26-34(28)29)32-17-18-9-3-2-4-10-18/h2-14,16,24-25,34-35H,15,17H2,1H3,(H,26,28,29)/t24-,25+/m0/s1. The van der Waals surface area contributed by atoms with Gasteiger partial charge in [-0.25, -0.2) is 21.6 Å². The number of benzene rings is 3. The second kappa shape index (κ2) is 11.6. The average Bonchev–Trinajstić information content (AvgIpc) is 3.19. The number of hydrogen-bond acceptors (Lipinski definition) is 6. The molecule has 0 fully saturated rings. The number of nitrogens with zero attached hydrogens (tertiary/aromatic N) is 1. The number of hydrogen-bond donors (Lipinski definition) is 3. The van der Waals surface area contributed by atoms with Gasteiger partial charge in [0.05, 0.1) is 12.7 Å². The first-order chi connectivity index (χ1) is 16.9. The third-order valence-corrected chi connectivity index (χ3v) is 6.55. The molecular weight excluding hydrogens is 488 g/mol. The van der Waals surface area contributed by atoms with Gasteiger partial charge in [0.2, 0.25) is 10.9 Å². The fraction of sp³-hybridized carbons (Fsp3) is 0.200. The van der Waals surface area contributed by atoms with Gasteiger partial charge in [0.1, 0.15) is 6.10 Å². The fourth-order valence-corrected chi connectivity index (χ4v) is 4.89. The van der Waals surface area contributed by atoms with Crippen LogP contribution in [-0.4, -0.2) is 27.9 Å². The minimum absolute atomic E-state index is 0.0195. The number of fused-ring (bicyclic) bond motifs is 1. The third-order valence-electron chi connectivity index (χ3n) is 5.73. The Bertz CT molecular complexity index is 1430. The fourth-order valence-electron chi connectivity index (χ4n) is 4.18. The van der Waals surface area contributed by atoms with Crippen LogP contribution in [0, 0.1) is 0 Å². The molecule has 1 N–H and O–H groups in total. The van der Waals surface area contributed by atoms with Gasteiger partial charge in [0, 0.05) is 36.3 Å². The molecule has 184 valence electrons. The van der Waals surface area contributed by atoms with E-state index < -0.39 is 34.1 Å². The number of para-hydroxylation sites is 1. The van der Waals surface area contributed by atoms with E-state index in [2.05, 4.69) is 4.72 Å². The van der Waals surface area contributed by atoms with Crippen LogP contribution in [0.4, 0.5) is 0 Å². The van der Waals surface area contributed by atoms with Crippen molar-refractivity contribution in [2.45, 2.75) is 18.8 Å². The van der Waals surface area contributed by atoms with E-state index in [0.717, 1.165) is 16.5 Å². The van der Waals surface area contributed by atoms with Crippen molar-refractivity contribution in [3.8, 4) is 0 Å². The van der Waals surface area contributed by atoms with E-state index in [4.69, 9.17) is 8.92 Å². The van der Waals surface area contributed by atoms with Crippen molar-refractivity contribution in [2.24, 2.45) is 7.05 Å². The van der Waals surface area contributed by atoms with Gasteiger partial charge in [-0.05, 0) is 22.8 Å². The Balaban J connectivity index is 1.78. The third kappa shape index (κ3) is 6.16. The maximum absolute atomic E-state index is 11.8. The Labute approximate surface area is 207 Å². The summed E-state index contributed by atoms with van der Waals surface area (Å²) in [6.07, 6.45) is 0.213. The van der Waals surface area contributed by atoms with Crippen molar-refractivity contribution in [1.29, 1.82) is 0 Å². The van der Waals surface area contributed by atoms with Crippen LogP contribution in [0.15, 0.2) is 85.1 Å². The average molecular weight is 515 g/mol. The molecule has 0 radical (unpaired) electrons. The largest absolute Gasteiger partial charge is 0.367 e. The number of thiol groups is 2. The number of nitrogens with one attached hydrogen (secondary N) is 1. The zero-order valence-electron chi connectivity index (χ0n) is 18.9. The van der Waals surface area contributed by atoms with E-state index in [9.17, 15) is 16.8 Å². The second-order valence-electron chi connectivity index (χ2n) is 7.96. The molecule has 35 heavy (non-hydrogen) atoms.